The number of hydrogen-bond donors (Lipinski definition) is 0. The zero-order valence-corrected chi connectivity index (χ0v) is 16.7. The summed E-state index contributed by atoms with van der Waals surface area (Å²) in [4.78, 5) is 18.0. The zero-order chi connectivity index (χ0) is 18.8. The second kappa shape index (κ2) is 7.79. The molecule has 0 unspecified atom stereocenters. The predicted molar refractivity (Wildman–Crippen MR) is 113 cm³/mol. The van der Waals surface area contributed by atoms with Gasteiger partial charge in [0.05, 0.1) is 12.1 Å². The maximum absolute atomic E-state index is 13.1. The first-order chi connectivity index (χ1) is 13.2. The Morgan fingerprint density at radius 3 is 2.56 bits per heavy atom. The molecule has 140 valence electrons. The molecule has 3 aromatic rings. The highest BCUT2D eigenvalue weighted by atomic mass is 35.5. The molecule has 1 aliphatic heterocycles. The lowest BCUT2D eigenvalue weighted by Crippen LogP contribution is -2.35. The number of carbonyl (C=O) groups excluding carboxylic acids is 1. The van der Waals surface area contributed by atoms with Gasteiger partial charge in [-0.15, -0.1) is 11.3 Å². The Bertz CT molecular complexity index is 954. The Hall–Kier alpha value is -2.24. The fraction of sp³-hybridized carbons (Fsp3) is 0.286. The van der Waals surface area contributed by atoms with E-state index >= 15 is 0 Å². The topological polar surface area (TPSA) is 32.8 Å². The van der Waals surface area contributed by atoms with Crippen LogP contribution in [0, 0.1) is 0 Å². The van der Waals surface area contributed by atoms with Crippen LogP contribution in [0.1, 0.15) is 16.1 Å². The smallest absolute Gasteiger partial charge is 0.265 e. The molecule has 0 atom stereocenters. The Morgan fingerprint density at radius 1 is 1.04 bits per heavy atom. The van der Waals surface area contributed by atoms with E-state index in [2.05, 4.69) is 17.0 Å². The standard InChI is InChI=1S/C21H21ClN2O2S/c1-26-16-9-7-15(8-10-16)23-11-4-12-24(14-13-23)21(25)20-19(22)17-5-2-3-6-18(17)27-20/h2-3,5-10H,4,11-14H2,1H3. The summed E-state index contributed by atoms with van der Waals surface area (Å²) in [6.45, 7) is 3.17. The van der Waals surface area contributed by atoms with Crippen molar-refractivity contribution in [1.29, 1.82) is 0 Å². The summed E-state index contributed by atoms with van der Waals surface area (Å²) in [5.74, 6) is 0.891. The summed E-state index contributed by atoms with van der Waals surface area (Å²) in [6.07, 6.45) is 0.931. The van der Waals surface area contributed by atoms with Crippen molar-refractivity contribution in [3.05, 3.63) is 58.4 Å². The second-order valence-electron chi connectivity index (χ2n) is 6.57. The molecule has 27 heavy (non-hydrogen) atoms. The van der Waals surface area contributed by atoms with Gasteiger partial charge in [0, 0.05) is 42.0 Å². The van der Waals surface area contributed by atoms with Crippen molar-refractivity contribution in [3.8, 4) is 5.75 Å². The maximum atomic E-state index is 13.1. The normalized spacial score (nSPS) is 15.0. The number of anilines is 1. The van der Waals surface area contributed by atoms with Gasteiger partial charge in [-0.2, -0.15) is 0 Å². The number of benzene rings is 2. The van der Waals surface area contributed by atoms with E-state index in [0.717, 1.165) is 47.6 Å². The van der Waals surface area contributed by atoms with E-state index in [-0.39, 0.29) is 5.91 Å². The van der Waals surface area contributed by atoms with Crippen LogP contribution in [-0.2, 0) is 0 Å². The van der Waals surface area contributed by atoms with Gasteiger partial charge in [-0.05, 0) is 36.8 Å². The van der Waals surface area contributed by atoms with Gasteiger partial charge in [0.15, 0.2) is 0 Å². The summed E-state index contributed by atoms with van der Waals surface area (Å²) in [5, 5.41) is 1.54. The molecule has 0 saturated carbocycles. The largest absolute Gasteiger partial charge is 0.497 e. The van der Waals surface area contributed by atoms with Gasteiger partial charge in [0.25, 0.3) is 5.91 Å². The van der Waals surface area contributed by atoms with E-state index in [4.69, 9.17) is 16.3 Å². The van der Waals surface area contributed by atoms with Gasteiger partial charge in [0.2, 0.25) is 0 Å². The van der Waals surface area contributed by atoms with Gasteiger partial charge in [0.1, 0.15) is 10.6 Å². The van der Waals surface area contributed by atoms with Gasteiger partial charge in [-0.25, -0.2) is 0 Å². The van der Waals surface area contributed by atoms with Crippen LogP contribution in [0.2, 0.25) is 5.02 Å². The van der Waals surface area contributed by atoms with Crippen LogP contribution in [-0.4, -0.2) is 44.1 Å². The number of methoxy groups -OCH3 is 1. The number of amides is 1. The molecule has 0 bridgehead atoms. The molecule has 1 amide bonds. The van der Waals surface area contributed by atoms with Gasteiger partial charge in [-0.3, -0.25) is 4.79 Å². The van der Waals surface area contributed by atoms with Crippen LogP contribution in [0.4, 0.5) is 5.69 Å². The lowest BCUT2D eigenvalue weighted by molar-refractivity contribution is 0.0772. The molecule has 2 heterocycles. The van der Waals surface area contributed by atoms with Crippen LogP contribution in [0.15, 0.2) is 48.5 Å². The number of rotatable bonds is 3. The van der Waals surface area contributed by atoms with E-state index in [1.54, 1.807) is 7.11 Å². The highest BCUT2D eigenvalue weighted by Gasteiger charge is 2.24. The van der Waals surface area contributed by atoms with E-state index in [0.29, 0.717) is 16.4 Å². The van der Waals surface area contributed by atoms with Crippen LogP contribution in [0.5, 0.6) is 5.75 Å². The number of halogens is 1. The van der Waals surface area contributed by atoms with E-state index in [9.17, 15) is 4.79 Å². The minimum absolute atomic E-state index is 0.0396. The Balaban J connectivity index is 1.50. The van der Waals surface area contributed by atoms with Crippen molar-refractivity contribution in [2.75, 3.05) is 38.2 Å². The number of hydrogen-bond acceptors (Lipinski definition) is 4. The first-order valence-corrected chi connectivity index (χ1v) is 10.2. The lowest BCUT2D eigenvalue weighted by atomic mass is 10.2. The van der Waals surface area contributed by atoms with E-state index in [1.165, 1.54) is 11.3 Å². The maximum Gasteiger partial charge on any atom is 0.265 e. The SMILES string of the molecule is COc1ccc(N2CCCN(C(=O)c3sc4ccccc4c3Cl)CC2)cc1. The molecule has 2 aromatic carbocycles. The van der Waals surface area contributed by atoms with Crippen molar-refractivity contribution >= 4 is 44.6 Å². The Morgan fingerprint density at radius 2 is 1.81 bits per heavy atom. The molecule has 1 fully saturated rings. The molecule has 0 aliphatic carbocycles. The third-order valence-electron chi connectivity index (χ3n) is 4.95. The van der Waals surface area contributed by atoms with Crippen molar-refractivity contribution in [3.63, 3.8) is 0 Å². The lowest BCUT2D eigenvalue weighted by Gasteiger charge is -2.23. The van der Waals surface area contributed by atoms with Crippen LogP contribution in [0.3, 0.4) is 0 Å². The molecule has 4 rings (SSSR count). The minimum Gasteiger partial charge on any atom is -0.497 e. The average molecular weight is 401 g/mol. The molecule has 6 heteroatoms. The third kappa shape index (κ3) is 3.62. The first kappa shape index (κ1) is 18.1. The Kier molecular flexibility index (Phi) is 5.23. The van der Waals surface area contributed by atoms with Gasteiger partial charge in [-0.1, -0.05) is 29.8 Å². The number of nitrogens with zero attached hydrogens (tertiary/aromatic N) is 2. The molecule has 0 N–H and O–H groups in total. The summed E-state index contributed by atoms with van der Waals surface area (Å²) < 4.78 is 6.29. The van der Waals surface area contributed by atoms with E-state index in [1.807, 2.05) is 41.3 Å². The van der Waals surface area contributed by atoms with Crippen molar-refractivity contribution < 1.29 is 9.53 Å². The van der Waals surface area contributed by atoms with Crippen molar-refractivity contribution in [2.24, 2.45) is 0 Å². The highest BCUT2D eigenvalue weighted by Crippen LogP contribution is 2.36. The fourth-order valence-electron chi connectivity index (χ4n) is 3.47. The summed E-state index contributed by atoms with van der Waals surface area (Å²) in [6, 6.07) is 16.0. The molecule has 1 aromatic heterocycles. The summed E-state index contributed by atoms with van der Waals surface area (Å²) >= 11 is 7.99. The van der Waals surface area contributed by atoms with E-state index < -0.39 is 0 Å². The predicted octanol–water partition coefficient (Wildman–Crippen LogP) is 4.92. The quantitative estimate of drug-likeness (QED) is 0.625. The average Bonchev–Trinajstić information content (AvgIpc) is 2.89. The molecule has 4 nitrogen and oxygen atoms in total. The fourth-order valence-corrected chi connectivity index (χ4v) is 4.95. The molecular weight excluding hydrogens is 380 g/mol. The summed E-state index contributed by atoms with van der Waals surface area (Å²) in [7, 11) is 1.67. The van der Waals surface area contributed by atoms with Crippen LogP contribution < -0.4 is 9.64 Å². The Labute approximate surface area is 167 Å². The van der Waals surface area contributed by atoms with Gasteiger partial charge >= 0.3 is 0 Å². The molecule has 0 radical (unpaired) electrons. The number of ether oxygens (including phenoxy) is 1. The van der Waals surface area contributed by atoms with Gasteiger partial charge < -0.3 is 14.5 Å². The molecule has 1 saturated heterocycles. The minimum atomic E-state index is 0.0396. The van der Waals surface area contributed by atoms with Crippen molar-refractivity contribution in [1.82, 2.24) is 4.90 Å². The number of fused-ring (bicyclic) bond motifs is 1. The van der Waals surface area contributed by atoms with Crippen LogP contribution in [0.25, 0.3) is 10.1 Å². The second-order valence-corrected chi connectivity index (χ2v) is 8.00. The molecule has 1 aliphatic rings. The molecular formula is C21H21ClN2O2S. The number of carbonyl (C=O) groups is 1. The van der Waals surface area contributed by atoms with Crippen LogP contribution >= 0.6 is 22.9 Å². The molecule has 0 spiro atoms. The highest BCUT2D eigenvalue weighted by molar-refractivity contribution is 7.21. The monoisotopic (exact) mass is 400 g/mol. The number of thiophene rings is 1. The zero-order valence-electron chi connectivity index (χ0n) is 15.2. The first-order valence-electron chi connectivity index (χ1n) is 9.02. The third-order valence-corrected chi connectivity index (χ3v) is 6.61. The summed E-state index contributed by atoms with van der Waals surface area (Å²) in [5.41, 5.74) is 1.16. The van der Waals surface area contributed by atoms with Crippen molar-refractivity contribution in [2.45, 2.75) is 6.42 Å².